The van der Waals surface area contributed by atoms with Gasteiger partial charge >= 0.3 is 5.69 Å². The summed E-state index contributed by atoms with van der Waals surface area (Å²) in [6.07, 6.45) is -0.570. The molecule has 1 atom stereocenters. The molecule has 0 aromatic heterocycles. The molecule has 124 valence electrons. The van der Waals surface area contributed by atoms with E-state index in [1.165, 1.54) is 25.1 Å². The van der Waals surface area contributed by atoms with E-state index in [0.29, 0.717) is 12.8 Å². The van der Waals surface area contributed by atoms with Gasteiger partial charge in [-0.3, -0.25) is 19.7 Å². The van der Waals surface area contributed by atoms with Crippen molar-refractivity contribution in [1.29, 1.82) is 0 Å². The maximum absolute atomic E-state index is 12.1. The predicted octanol–water partition coefficient (Wildman–Crippen LogP) is 2.49. The number of hydrogen-bond acceptors (Lipinski definition) is 5. The molecule has 0 heterocycles. The van der Waals surface area contributed by atoms with Gasteiger partial charge in [-0.15, -0.1) is 0 Å². The highest BCUT2D eigenvalue weighted by Crippen LogP contribution is 2.30. The van der Waals surface area contributed by atoms with Crippen LogP contribution in [0.3, 0.4) is 0 Å². The number of para-hydroxylation sites is 1. The standard InChI is InChI=1S/C17H16N2O5/c1-12(17(21)18-10-13-6-3-2-4-7-13)24-15-9-5-8-14(11-20)16(15)19(22)23/h2-9,11-12H,10H2,1H3,(H,18,21). The second-order valence-electron chi connectivity index (χ2n) is 5.03. The molecule has 0 fully saturated rings. The Bertz CT molecular complexity index is 746. The van der Waals surface area contributed by atoms with Gasteiger partial charge in [0.1, 0.15) is 0 Å². The van der Waals surface area contributed by atoms with Crippen molar-refractivity contribution in [2.45, 2.75) is 19.6 Å². The number of nitrogens with zero attached hydrogens (tertiary/aromatic N) is 1. The molecule has 0 aliphatic rings. The Kier molecular flexibility index (Phi) is 5.62. The average Bonchev–Trinajstić information content (AvgIpc) is 2.59. The summed E-state index contributed by atoms with van der Waals surface area (Å²) in [4.78, 5) is 33.4. The van der Waals surface area contributed by atoms with Crippen LogP contribution >= 0.6 is 0 Å². The third-order valence-corrected chi connectivity index (χ3v) is 3.32. The number of benzene rings is 2. The van der Waals surface area contributed by atoms with Crippen LogP contribution in [0.2, 0.25) is 0 Å². The van der Waals surface area contributed by atoms with Crippen molar-refractivity contribution < 1.29 is 19.2 Å². The Balaban J connectivity index is 2.06. The van der Waals surface area contributed by atoms with Crippen molar-refractivity contribution in [3.8, 4) is 5.75 Å². The highest BCUT2D eigenvalue weighted by Gasteiger charge is 2.24. The van der Waals surface area contributed by atoms with Crippen LogP contribution in [0.4, 0.5) is 5.69 Å². The van der Waals surface area contributed by atoms with Crippen molar-refractivity contribution >= 4 is 17.9 Å². The van der Waals surface area contributed by atoms with Gasteiger partial charge in [0.05, 0.1) is 10.5 Å². The van der Waals surface area contributed by atoms with Gasteiger partial charge in [0.2, 0.25) is 0 Å². The normalized spacial score (nSPS) is 11.4. The second-order valence-corrected chi connectivity index (χ2v) is 5.03. The lowest BCUT2D eigenvalue weighted by Crippen LogP contribution is -2.36. The largest absolute Gasteiger partial charge is 0.474 e. The Morgan fingerprint density at radius 3 is 2.58 bits per heavy atom. The summed E-state index contributed by atoms with van der Waals surface area (Å²) in [5, 5.41) is 13.8. The molecule has 7 nitrogen and oxygen atoms in total. The summed E-state index contributed by atoms with van der Waals surface area (Å²) in [5.41, 5.74) is 0.372. The van der Waals surface area contributed by atoms with Gasteiger partial charge in [0.15, 0.2) is 18.1 Å². The van der Waals surface area contributed by atoms with E-state index in [-0.39, 0.29) is 11.3 Å². The summed E-state index contributed by atoms with van der Waals surface area (Å²) in [7, 11) is 0. The summed E-state index contributed by atoms with van der Waals surface area (Å²) in [6.45, 7) is 1.81. The van der Waals surface area contributed by atoms with Gasteiger partial charge < -0.3 is 10.1 Å². The van der Waals surface area contributed by atoms with Crippen LogP contribution in [-0.4, -0.2) is 23.2 Å². The van der Waals surface area contributed by atoms with Gasteiger partial charge in [0.25, 0.3) is 5.91 Å². The second kappa shape index (κ2) is 7.87. The van der Waals surface area contributed by atoms with E-state index in [9.17, 15) is 19.7 Å². The number of nitro groups is 1. The fourth-order valence-corrected chi connectivity index (χ4v) is 2.10. The molecule has 1 amide bonds. The number of rotatable bonds is 7. The molecular formula is C17H16N2O5. The van der Waals surface area contributed by atoms with E-state index in [1.807, 2.05) is 30.3 Å². The van der Waals surface area contributed by atoms with Gasteiger partial charge in [-0.25, -0.2) is 0 Å². The van der Waals surface area contributed by atoms with Crippen LogP contribution in [0.5, 0.6) is 5.75 Å². The van der Waals surface area contributed by atoms with Gasteiger partial charge in [-0.2, -0.15) is 0 Å². The number of hydrogen-bond donors (Lipinski definition) is 1. The van der Waals surface area contributed by atoms with Crippen molar-refractivity contribution in [3.63, 3.8) is 0 Å². The monoisotopic (exact) mass is 328 g/mol. The van der Waals surface area contributed by atoms with Crippen LogP contribution in [0.1, 0.15) is 22.8 Å². The first-order valence-corrected chi connectivity index (χ1v) is 7.23. The Hall–Kier alpha value is -3.22. The zero-order valence-corrected chi connectivity index (χ0v) is 13.0. The van der Waals surface area contributed by atoms with E-state index in [2.05, 4.69) is 5.32 Å². The lowest BCUT2D eigenvalue weighted by molar-refractivity contribution is -0.386. The Morgan fingerprint density at radius 2 is 1.96 bits per heavy atom. The molecule has 0 aliphatic heterocycles. The van der Waals surface area contributed by atoms with Crippen molar-refractivity contribution in [1.82, 2.24) is 5.32 Å². The first kappa shape index (κ1) is 17.1. The summed E-state index contributed by atoms with van der Waals surface area (Å²) in [6, 6.07) is 13.4. The molecule has 0 radical (unpaired) electrons. The van der Waals surface area contributed by atoms with Crippen LogP contribution < -0.4 is 10.1 Å². The van der Waals surface area contributed by atoms with Crippen LogP contribution in [-0.2, 0) is 11.3 Å². The van der Waals surface area contributed by atoms with Crippen LogP contribution in [0, 0.1) is 10.1 Å². The molecule has 0 saturated heterocycles. The third kappa shape index (κ3) is 4.16. The maximum Gasteiger partial charge on any atom is 0.321 e. The van der Waals surface area contributed by atoms with Crippen LogP contribution in [0.15, 0.2) is 48.5 Å². The number of ether oxygens (including phenoxy) is 1. The number of carbonyl (C=O) groups excluding carboxylic acids is 2. The van der Waals surface area contributed by atoms with Crippen LogP contribution in [0.25, 0.3) is 0 Å². The third-order valence-electron chi connectivity index (χ3n) is 3.32. The molecule has 7 heteroatoms. The molecule has 24 heavy (non-hydrogen) atoms. The Morgan fingerprint density at radius 1 is 1.25 bits per heavy atom. The zero-order valence-electron chi connectivity index (χ0n) is 13.0. The van der Waals surface area contributed by atoms with E-state index >= 15 is 0 Å². The van der Waals surface area contributed by atoms with E-state index in [1.54, 1.807) is 0 Å². The van der Waals surface area contributed by atoms with Gasteiger partial charge in [-0.05, 0) is 24.6 Å². The van der Waals surface area contributed by atoms with E-state index in [0.717, 1.165) is 5.56 Å². The molecule has 0 spiro atoms. The molecule has 0 saturated carbocycles. The minimum absolute atomic E-state index is 0.102. The quantitative estimate of drug-likeness (QED) is 0.478. The molecule has 2 aromatic rings. The number of aldehydes is 1. The Labute approximate surface area is 138 Å². The minimum atomic E-state index is -0.950. The average molecular weight is 328 g/mol. The molecule has 2 rings (SSSR count). The predicted molar refractivity (Wildman–Crippen MR) is 86.9 cm³/mol. The zero-order chi connectivity index (χ0) is 17.5. The van der Waals surface area contributed by atoms with Gasteiger partial charge in [0, 0.05) is 6.54 Å². The smallest absolute Gasteiger partial charge is 0.321 e. The van der Waals surface area contributed by atoms with E-state index in [4.69, 9.17) is 4.74 Å². The molecule has 0 bridgehead atoms. The number of carbonyl (C=O) groups is 2. The van der Waals surface area contributed by atoms with Crippen molar-refractivity contribution in [3.05, 3.63) is 69.8 Å². The number of amides is 1. The van der Waals surface area contributed by atoms with E-state index < -0.39 is 22.6 Å². The first-order valence-electron chi connectivity index (χ1n) is 7.23. The molecule has 0 aliphatic carbocycles. The highest BCUT2D eigenvalue weighted by molar-refractivity contribution is 5.84. The van der Waals surface area contributed by atoms with Crippen molar-refractivity contribution in [2.24, 2.45) is 0 Å². The maximum atomic E-state index is 12.1. The molecule has 1 N–H and O–H groups in total. The lowest BCUT2D eigenvalue weighted by Gasteiger charge is -2.15. The molecule has 2 aromatic carbocycles. The topological polar surface area (TPSA) is 98.5 Å². The minimum Gasteiger partial charge on any atom is -0.474 e. The molecule has 1 unspecified atom stereocenters. The van der Waals surface area contributed by atoms with Gasteiger partial charge in [-0.1, -0.05) is 36.4 Å². The fourth-order valence-electron chi connectivity index (χ4n) is 2.10. The highest BCUT2D eigenvalue weighted by atomic mass is 16.6. The lowest BCUT2D eigenvalue weighted by atomic mass is 10.2. The first-order chi connectivity index (χ1) is 11.5. The number of nitrogens with one attached hydrogen (secondary N) is 1. The summed E-state index contributed by atoms with van der Waals surface area (Å²) in [5.74, 6) is -0.531. The molecular weight excluding hydrogens is 312 g/mol. The summed E-state index contributed by atoms with van der Waals surface area (Å²) >= 11 is 0. The SMILES string of the molecule is CC(Oc1cccc(C=O)c1[N+](=O)[O-])C(=O)NCc1ccccc1. The number of nitro benzene ring substituents is 1. The van der Waals surface area contributed by atoms with Crippen molar-refractivity contribution in [2.75, 3.05) is 0 Å². The fraction of sp³-hybridized carbons (Fsp3) is 0.176. The summed E-state index contributed by atoms with van der Waals surface area (Å²) < 4.78 is 5.39.